The Kier molecular flexibility index (Phi) is 4.16. The lowest BCUT2D eigenvalue weighted by atomic mass is 10.1. The second-order valence-electron chi connectivity index (χ2n) is 6.47. The second-order valence-corrected chi connectivity index (χ2v) is 6.47. The zero-order chi connectivity index (χ0) is 18.1. The Balaban J connectivity index is 1.55. The van der Waals surface area contributed by atoms with E-state index in [-0.39, 0.29) is 11.9 Å². The minimum absolute atomic E-state index is 0.00489. The molecule has 6 nitrogen and oxygen atoms in total. The molecule has 1 unspecified atom stereocenters. The van der Waals surface area contributed by atoms with Crippen LogP contribution in [0.3, 0.4) is 0 Å². The van der Waals surface area contributed by atoms with Crippen LogP contribution in [0.4, 0.5) is 0 Å². The van der Waals surface area contributed by atoms with E-state index in [1.54, 1.807) is 6.20 Å². The molecule has 0 fully saturated rings. The number of hydrogen-bond donors (Lipinski definition) is 2. The highest BCUT2D eigenvalue weighted by atomic mass is 16.1. The van der Waals surface area contributed by atoms with Gasteiger partial charge < -0.3 is 10.3 Å². The summed E-state index contributed by atoms with van der Waals surface area (Å²) in [6.45, 7) is 4.05. The van der Waals surface area contributed by atoms with Crippen molar-refractivity contribution < 1.29 is 4.79 Å². The number of amides is 1. The average molecular weight is 347 g/mol. The molecule has 0 bridgehead atoms. The van der Waals surface area contributed by atoms with Crippen molar-refractivity contribution in [1.29, 1.82) is 0 Å². The van der Waals surface area contributed by atoms with Crippen LogP contribution in [0.25, 0.3) is 16.7 Å². The number of aromatic nitrogens is 4. The monoisotopic (exact) mass is 347 g/mol. The van der Waals surface area contributed by atoms with Gasteiger partial charge in [0.25, 0.3) is 0 Å². The summed E-state index contributed by atoms with van der Waals surface area (Å²) >= 11 is 0. The Morgan fingerprint density at radius 1 is 1.31 bits per heavy atom. The number of carbonyl (C=O) groups excluding carboxylic acids is 1. The van der Waals surface area contributed by atoms with Crippen molar-refractivity contribution in [3.8, 4) is 0 Å². The van der Waals surface area contributed by atoms with Crippen molar-refractivity contribution in [3.63, 3.8) is 0 Å². The number of fused-ring (bicyclic) bond motifs is 2. The summed E-state index contributed by atoms with van der Waals surface area (Å²) in [5.74, 6) is 0.636. The summed E-state index contributed by atoms with van der Waals surface area (Å²) in [7, 11) is 0. The maximum atomic E-state index is 12.7. The van der Waals surface area contributed by atoms with Gasteiger partial charge in [0, 0.05) is 35.2 Å². The van der Waals surface area contributed by atoms with Gasteiger partial charge in [-0.1, -0.05) is 25.1 Å². The lowest BCUT2D eigenvalue weighted by Gasteiger charge is -2.14. The Morgan fingerprint density at radius 3 is 2.96 bits per heavy atom. The molecule has 1 aromatic carbocycles. The maximum absolute atomic E-state index is 12.7. The first-order valence-electron chi connectivity index (χ1n) is 8.81. The van der Waals surface area contributed by atoms with E-state index in [9.17, 15) is 4.79 Å². The third-order valence-electron chi connectivity index (χ3n) is 4.72. The van der Waals surface area contributed by atoms with Crippen LogP contribution < -0.4 is 5.32 Å². The van der Waals surface area contributed by atoms with Crippen LogP contribution in [-0.2, 0) is 11.2 Å². The molecule has 26 heavy (non-hydrogen) atoms. The Hall–Kier alpha value is -3.15. The Labute approximate surface area is 151 Å². The third kappa shape index (κ3) is 2.94. The average Bonchev–Trinajstić information content (AvgIpc) is 3.21. The summed E-state index contributed by atoms with van der Waals surface area (Å²) in [4.78, 5) is 24.8. The van der Waals surface area contributed by atoms with Gasteiger partial charge in [-0.05, 0) is 31.0 Å². The van der Waals surface area contributed by atoms with E-state index in [0.717, 1.165) is 34.3 Å². The lowest BCUT2D eigenvalue weighted by Crippen LogP contribution is -2.29. The van der Waals surface area contributed by atoms with E-state index in [1.165, 1.54) is 0 Å². The number of nitrogens with zero attached hydrogens (tertiary/aromatic N) is 3. The number of aryl methyl sites for hydroxylation is 1. The molecule has 6 heteroatoms. The second kappa shape index (κ2) is 6.63. The van der Waals surface area contributed by atoms with Gasteiger partial charge in [-0.3, -0.25) is 9.20 Å². The quantitative estimate of drug-likeness (QED) is 0.581. The minimum Gasteiger partial charge on any atom is -0.358 e. The van der Waals surface area contributed by atoms with Crippen molar-refractivity contribution in [2.45, 2.75) is 32.7 Å². The number of H-pyrrole nitrogens is 1. The molecule has 0 saturated carbocycles. The molecule has 1 amide bonds. The summed E-state index contributed by atoms with van der Waals surface area (Å²) < 4.78 is 1.87. The molecule has 3 aromatic heterocycles. The van der Waals surface area contributed by atoms with E-state index < -0.39 is 0 Å². The molecule has 0 aliphatic heterocycles. The molecule has 4 aromatic rings. The van der Waals surface area contributed by atoms with Gasteiger partial charge in [0.2, 0.25) is 11.7 Å². The molecule has 2 N–H and O–H groups in total. The molecule has 0 saturated heterocycles. The fourth-order valence-electron chi connectivity index (χ4n) is 3.37. The number of nitrogens with one attached hydrogen (secondary N) is 2. The molecular formula is C20H21N5O. The van der Waals surface area contributed by atoms with E-state index >= 15 is 0 Å². The number of carbonyl (C=O) groups is 1. The fraction of sp³-hybridized carbons (Fsp3) is 0.250. The van der Waals surface area contributed by atoms with Crippen LogP contribution in [-0.4, -0.2) is 25.3 Å². The predicted molar refractivity (Wildman–Crippen MR) is 101 cm³/mol. The number of hydrogen-bond acceptors (Lipinski definition) is 3. The highest BCUT2D eigenvalue weighted by molar-refractivity contribution is 5.90. The third-order valence-corrected chi connectivity index (χ3v) is 4.72. The van der Waals surface area contributed by atoms with Crippen LogP contribution in [0, 0.1) is 6.92 Å². The van der Waals surface area contributed by atoms with Gasteiger partial charge in [0.1, 0.15) is 0 Å². The predicted octanol–water partition coefficient (Wildman–Crippen LogP) is 3.33. The molecule has 0 spiro atoms. The maximum Gasteiger partial charge on any atom is 0.233 e. The zero-order valence-corrected chi connectivity index (χ0v) is 14.9. The summed E-state index contributed by atoms with van der Waals surface area (Å²) in [6, 6.07) is 9.80. The smallest absolute Gasteiger partial charge is 0.233 e. The SMILES string of the molecule is CCC(NC(=O)Cc1c(C)[nH]c2ccccc12)c1cn2cccnc2n1. The molecular weight excluding hydrogens is 326 g/mol. The first-order valence-corrected chi connectivity index (χ1v) is 8.81. The Bertz CT molecular complexity index is 1050. The molecule has 0 aliphatic rings. The van der Waals surface area contributed by atoms with E-state index in [4.69, 9.17) is 0 Å². The number of rotatable bonds is 5. The van der Waals surface area contributed by atoms with E-state index in [1.807, 2.05) is 61.0 Å². The van der Waals surface area contributed by atoms with E-state index in [2.05, 4.69) is 20.3 Å². The van der Waals surface area contributed by atoms with Crippen LogP contribution in [0.15, 0.2) is 48.9 Å². The largest absolute Gasteiger partial charge is 0.358 e. The molecule has 0 aliphatic carbocycles. The van der Waals surface area contributed by atoms with Gasteiger partial charge >= 0.3 is 0 Å². The molecule has 132 valence electrons. The summed E-state index contributed by atoms with van der Waals surface area (Å²) in [5.41, 5.74) is 3.97. The normalized spacial score (nSPS) is 12.5. The standard InChI is InChI=1S/C20H21N5O/c1-3-16(18-12-25-10-6-9-21-20(25)24-18)23-19(26)11-15-13(2)22-17-8-5-4-7-14(15)17/h4-10,12,16,22H,3,11H2,1-2H3,(H,23,26). The van der Waals surface area contributed by atoms with Crippen LogP contribution in [0.5, 0.6) is 0 Å². The van der Waals surface area contributed by atoms with Crippen molar-refractivity contribution in [1.82, 2.24) is 24.7 Å². The highest BCUT2D eigenvalue weighted by Crippen LogP contribution is 2.23. The number of aromatic amines is 1. The van der Waals surface area contributed by atoms with Crippen molar-refractivity contribution in [2.75, 3.05) is 0 Å². The van der Waals surface area contributed by atoms with Crippen molar-refractivity contribution in [2.24, 2.45) is 0 Å². The lowest BCUT2D eigenvalue weighted by molar-refractivity contribution is -0.121. The van der Waals surface area contributed by atoms with Gasteiger partial charge in [-0.15, -0.1) is 0 Å². The van der Waals surface area contributed by atoms with Crippen LogP contribution >= 0.6 is 0 Å². The number of benzene rings is 1. The Morgan fingerprint density at radius 2 is 2.15 bits per heavy atom. The first-order chi connectivity index (χ1) is 12.7. The van der Waals surface area contributed by atoms with Crippen LogP contribution in [0.2, 0.25) is 0 Å². The zero-order valence-electron chi connectivity index (χ0n) is 14.9. The van der Waals surface area contributed by atoms with Gasteiger partial charge in [-0.2, -0.15) is 0 Å². The van der Waals surface area contributed by atoms with Gasteiger partial charge in [0.05, 0.1) is 18.2 Å². The molecule has 3 heterocycles. The minimum atomic E-state index is -0.130. The summed E-state index contributed by atoms with van der Waals surface area (Å²) in [6.07, 6.45) is 6.66. The highest BCUT2D eigenvalue weighted by Gasteiger charge is 2.18. The van der Waals surface area contributed by atoms with Crippen molar-refractivity contribution >= 4 is 22.6 Å². The fourth-order valence-corrected chi connectivity index (χ4v) is 3.37. The molecule has 4 rings (SSSR count). The van der Waals surface area contributed by atoms with Crippen LogP contribution in [0.1, 0.15) is 36.3 Å². The number of imidazole rings is 1. The topological polar surface area (TPSA) is 75.1 Å². The molecule has 1 atom stereocenters. The molecule has 0 radical (unpaired) electrons. The first kappa shape index (κ1) is 16.3. The number of para-hydroxylation sites is 1. The van der Waals surface area contributed by atoms with Gasteiger partial charge in [0.15, 0.2) is 0 Å². The van der Waals surface area contributed by atoms with E-state index in [0.29, 0.717) is 12.2 Å². The van der Waals surface area contributed by atoms with Gasteiger partial charge in [-0.25, -0.2) is 9.97 Å². The van der Waals surface area contributed by atoms with Crippen molar-refractivity contribution in [3.05, 3.63) is 65.9 Å². The summed E-state index contributed by atoms with van der Waals surface area (Å²) in [5, 5.41) is 4.22.